The topological polar surface area (TPSA) is 44.8 Å². The van der Waals surface area contributed by atoms with Gasteiger partial charge in [0.05, 0.1) is 19.8 Å². The maximum absolute atomic E-state index is 12.0. The predicted octanol–water partition coefficient (Wildman–Crippen LogP) is 7.72. The lowest BCUT2D eigenvalue weighted by molar-refractivity contribution is -0.119. The molecule has 1 aromatic carbocycles. The zero-order valence-corrected chi connectivity index (χ0v) is 23.7. The highest BCUT2D eigenvalue weighted by atomic mass is 28.4. The Hall–Kier alpha value is -1.43. The van der Waals surface area contributed by atoms with E-state index in [0.717, 1.165) is 29.9 Å². The van der Waals surface area contributed by atoms with E-state index in [-0.39, 0.29) is 11.9 Å². The Labute approximate surface area is 204 Å². The maximum atomic E-state index is 12.0. The average molecular weight is 477 g/mol. The summed E-state index contributed by atoms with van der Waals surface area (Å²) in [5.41, 5.74) is 3.84. The van der Waals surface area contributed by atoms with Crippen LogP contribution in [0, 0.1) is 5.92 Å². The molecule has 0 heterocycles. The largest absolute Gasteiger partial charge is 0.497 e. The van der Waals surface area contributed by atoms with Crippen LogP contribution >= 0.6 is 0 Å². The lowest BCUT2D eigenvalue weighted by atomic mass is 9.99. The predicted molar refractivity (Wildman–Crippen MR) is 141 cm³/mol. The van der Waals surface area contributed by atoms with E-state index in [1.165, 1.54) is 0 Å². The molecule has 0 N–H and O–H groups in total. The van der Waals surface area contributed by atoms with Crippen molar-refractivity contribution in [3.63, 3.8) is 0 Å². The normalized spacial score (nSPS) is 14.8. The van der Waals surface area contributed by atoms with Crippen LogP contribution in [0.4, 0.5) is 0 Å². The maximum Gasteiger partial charge on any atom is 0.200 e. The van der Waals surface area contributed by atoms with Gasteiger partial charge in [-0.3, -0.25) is 4.79 Å². The van der Waals surface area contributed by atoms with Crippen molar-refractivity contribution in [1.82, 2.24) is 0 Å². The number of ketones is 1. The summed E-state index contributed by atoms with van der Waals surface area (Å²) in [7, 11) is -0.245. The van der Waals surface area contributed by atoms with Gasteiger partial charge in [-0.15, -0.1) is 0 Å². The van der Waals surface area contributed by atoms with Crippen molar-refractivity contribution in [3.8, 4) is 5.75 Å². The third-order valence-electron chi connectivity index (χ3n) is 6.84. The van der Waals surface area contributed by atoms with Crippen LogP contribution in [0.15, 0.2) is 35.9 Å². The Bertz CT molecular complexity index is 732. The van der Waals surface area contributed by atoms with Gasteiger partial charge in [0.15, 0.2) is 8.32 Å². The molecule has 0 unspecified atom stereocenters. The van der Waals surface area contributed by atoms with Crippen molar-refractivity contribution in [2.75, 3.05) is 13.7 Å². The molecule has 0 amide bonds. The molecule has 0 fully saturated rings. The number of hydrogen-bond acceptors (Lipinski definition) is 4. The molecule has 2 atom stereocenters. The number of carbonyl (C=O) groups is 1. The van der Waals surface area contributed by atoms with E-state index in [1.54, 1.807) is 14.0 Å². The zero-order chi connectivity index (χ0) is 25.2. The third kappa shape index (κ3) is 8.69. The Morgan fingerprint density at radius 1 is 1.03 bits per heavy atom. The van der Waals surface area contributed by atoms with Crippen molar-refractivity contribution in [1.29, 1.82) is 0 Å². The molecular weight excluding hydrogens is 428 g/mol. The van der Waals surface area contributed by atoms with Gasteiger partial charge in [0.2, 0.25) is 0 Å². The van der Waals surface area contributed by atoms with Gasteiger partial charge < -0.3 is 13.9 Å². The monoisotopic (exact) mass is 476 g/mol. The molecule has 0 aliphatic heterocycles. The molecule has 0 bridgehead atoms. The molecule has 0 saturated heterocycles. The van der Waals surface area contributed by atoms with Gasteiger partial charge in [-0.2, -0.15) is 0 Å². The van der Waals surface area contributed by atoms with Crippen molar-refractivity contribution >= 4 is 14.1 Å². The molecule has 0 aromatic heterocycles. The fourth-order valence-corrected chi connectivity index (χ4v) is 10.6. The molecule has 0 saturated carbocycles. The van der Waals surface area contributed by atoms with Gasteiger partial charge in [-0.05, 0) is 66.1 Å². The smallest absolute Gasteiger partial charge is 0.200 e. The van der Waals surface area contributed by atoms with Crippen LogP contribution in [0.3, 0.4) is 0 Å². The highest BCUT2D eigenvalue weighted by Crippen LogP contribution is 2.42. The highest BCUT2D eigenvalue weighted by Gasteiger charge is 2.45. The number of hydrogen-bond donors (Lipinski definition) is 0. The van der Waals surface area contributed by atoms with E-state index < -0.39 is 8.32 Å². The molecule has 4 nitrogen and oxygen atoms in total. The Kier molecular flexibility index (Phi) is 12.6. The first-order valence-corrected chi connectivity index (χ1v) is 14.7. The number of benzene rings is 1. The first-order valence-electron chi connectivity index (χ1n) is 12.5. The summed E-state index contributed by atoms with van der Waals surface area (Å²) in [5.74, 6) is 1.25. The Morgan fingerprint density at radius 2 is 1.64 bits per heavy atom. The molecule has 1 rings (SSSR count). The Morgan fingerprint density at radius 3 is 2.12 bits per heavy atom. The summed E-state index contributed by atoms with van der Waals surface area (Å²) < 4.78 is 18.4. The number of ether oxygens (including phenoxy) is 2. The molecule has 188 valence electrons. The molecule has 0 spiro atoms. The van der Waals surface area contributed by atoms with Crippen molar-refractivity contribution in [2.45, 2.75) is 104 Å². The second kappa shape index (κ2) is 14.1. The molecule has 0 aliphatic carbocycles. The van der Waals surface area contributed by atoms with Crippen LogP contribution in [0.25, 0.3) is 0 Å². The summed E-state index contributed by atoms with van der Waals surface area (Å²) in [4.78, 5) is 12.0. The summed E-state index contributed by atoms with van der Waals surface area (Å²) in [6.07, 6.45) is 3.43. The second-order valence-corrected chi connectivity index (χ2v) is 15.7. The molecule has 0 radical (unpaired) electrons. The van der Waals surface area contributed by atoms with Crippen LogP contribution in [-0.2, 0) is 20.6 Å². The van der Waals surface area contributed by atoms with E-state index in [9.17, 15) is 4.79 Å². The van der Waals surface area contributed by atoms with E-state index in [2.05, 4.69) is 61.5 Å². The minimum absolute atomic E-state index is 0.133. The standard InChI is InChI=1S/C28H48O4Si/c1-11-25(19-32-33(20(2)3,21(4)5)22(6)7)15-23(8)28(16-24(9)29)31-18-26-13-12-14-27(17-26)30-10/h12-15,17,20-22,25,28H,11,16,18-19H2,1-10H3/b23-15+/t25-,28+/m1/s1. The van der Waals surface area contributed by atoms with Gasteiger partial charge in [0.1, 0.15) is 11.5 Å². The molecule has 5 heteroatoms. The van der Waals surface area contributed by atoms with Gasteiger partial charge in [0.25, 0.3) is 0 Å². The molecule has 33 heavy (non-hydrogen) atoms. The number of rotatable bonds is 15. The van der Waals surface area contributed by atoms with Gasteiger partial charge in [-0.1, -0.05) is 66.7 Å². The number of carbonyl (C=O) groups excluding carboxylic acids is 1. The van der Waals surface area contributed by atoms with Crippen LogP contribution in [-0.4, -0.2) is 33.9 Å². The zero-order valence-electron chi connectivity index (χ0n) is 22.7. The first-order chi connectivity index (χ1) is 15.5. The highest BCUT2D eigenvalue weighted by molar-refractivity contribution is 6.77. The van der Waals surface area contributed by atoms with Crippen LogP contribution in [0.2, 0.25) is 16.6 Å². The van der Waals surface area contributed by atoms with Crippen molar-refractivity contribution < 1.29 is 18.7 Å². The van der Waals surface area contributed by atoms with Crippen LogP contribution in [0.5, 0.6) is 5.75 Å². The first kappa shape index (κ1) is 29.6. The minimum atomic E-state index is -1.91. The third-order valence-corrected chi connectivity index (χ3v) is 12.9. The fourth-order valence-electron chi connectivity index (χ4n) is 5.09. The van der Waals surface area contributed by atoms with Crippen molar-refractivity contribution in [2.24, 2.45) is 5.92 Å². The minimum Gasteiger partial charge on any atom is -0.497 e. The Balaban J connectivity index is 2.99. The van der Waals surface area contributed by atoms with E-state index in [0.29, 0.717) is 35.6 Å². The lowest BCUT2D eigenvalue weighted by Crippen LogP contribution is -2.48. The molecular formula is C28H48O4Si. The summed E-state index contributed by atoms with van der Waals surface area (Å²) in [5, 5.41) is 0. The quantitative estimate of drug-likeness (QED) is 0.192. The van der Waals surface area contributed by atoms with Gasteiger partial charge in [0, 0.05) is 13.0 Å². The van der Waals surface area contributed by atoms with Gasteiger partial charge >= 0.3 is 0 Å². The number of methoxy groups -OCH3 is 1. The summed E-state index contributed by atoms with van der Waals surface area (Å²) >= 11 is 0. The van der Waals surface area contributed by atoms with Crippen molar-refractivity contribution in [3.05, 3.63) is 41.5 Å². The fraction of sp³-hybridized carbons (Fsp3) is 0.679. The second-order valence-electron chi connectivity index (χ2n) is 10.3. The van der Waals surface area contributed by atoms with E-state index >= 15 is 0 Å². The van der Waals surface area contributed by atoms with Gasteiger partial charge in [-0.25, -0.2) is 0 Å². The van der Waals surface area contributed by atoms with Crippen LogP contribution in [0.1, 0.15) is 80.7 Å². The summed E-state index contributed by atoms with van der Waals surface area (Å²) in [6.45, 7) is 21.0. The SMILES string of the molecule is CC[C@H](/C=C(\C)[C@H](CC(C)=O)OCc1cccc(OC)c1)CO[Si](C(C)C)(C(C)C)C(C)C. The van der Waals surface area contributed by atoms with E-state index in [4.69, 9.17) is 13.9 Å². The summed E-state index contributed by atoms with van der Waals surface area (Å²) in [6, 6.07) is 7.87. The molecule has 1 aromatic rings. The lowest BCUT2D eigenvalue weighted by Gasteiger charge is -2.43. The van der Waals surface area contributed by atoms with Crippen LogP contribution < -0.4 is 4.74 Å². The average Bonchev–Trinajstić information content (AvgIpc) is 2.75. The molecule has 0 aliphatic rings. The van der Waals surface area contributed by atoms with E-state index in [1.807, 2.05) is 24.3 Å². The number of Topliss-reactive ketones (excluding diaryl/α,β-unsaturated/α-hetero) is 1.